The Kier molecular flexibility index (Phi) is 4.45. The smallest absolute Gasteiger partial charge is 0.0597 e. The molecule has 0 spiro atoms. The monoisotopic (exact) mass is 239 g/mol. The van der Waals surface area contributed by atoms with Crippen LogP contribution in [-0.4, -0.2) is 54.2 Å². The summed E-state index contributed by atoms with van der Waals surface area (Å²) in [5.74, 6) is 0. The molecule has 0 amide bonds. The van der Waals surface area contributed by atoms with Crippen molar-refractivity contribution < 1.29 is 0 Å². The molecule has 1 unspecified atom stereocenters. The zero-order valence-electron chi connectivity index (χ0n) is 11.8. The minimum atomic E-state index is 0.381. The van der Waals surface area contributed by atoms with E-state index in [0.717, 1.165) is 0 Å². The third kappa shape index (κ3) is 3.21. The third-order valence-corrected chi connectivity index (χ3v) is 4.76. The Labute approximate surface area is 107 Å². The maximum Gasteiger partial charge on any atom is 0.0597 e. The first-order valence-electron chi connectivity index (χ1n) is 7.36. The van der Waals surface area contributed by atoms with Gasteiger partial charge < -0.3 is 5.32 Å². The average Bonchev–Trinajstić information content (AvgIpc) is 2.40. The maximum absolute atomic E-state index is 3.66. The Morgan fingerprint density at radius 1 is 1.12 bits per heavy atom. The summed E-state index contributed by atoms with van der Waals surface area (Å²) in [6.45, 7) is 13.2. The van der Waals surface area contributed by atoms with Crippen molar-refractivity contribution in [2.45, 2.75) is 58.2 Å². The number of hydrogen-bond donors (Lipinski definition) is 1. The van der Waals surface area contributed by atoms with Gasteiger partial charge in [-0.1, -0.05) is 6.92 Å². The van der Waals surface area contributed by atoms with Crippen LogP contribution < -0.4 is 5.32 Å². The molecule has 2 rings (SSSR count). The summed E-state index contributed by atoms with van der Waals surface area (Å²) in [4.78, 5) is 5.31. The first-order valence-corrected chi connectivity index (χ1v) is 7.36. The highest BCUT2D eigenvalue weighted by Gasteiger charge is 2.30. The van der Waals surface area contributed by atoms with Gasteiger partial charge in [0.15, 0.2) is 0 Å². The maximum atomic E-state index is 3.66. The van der Waals surface area contributed by atoms with Gasteiger partial charge in [-0.05, 0) is 46.1 Å². The van der Waals surface area contributed by atoms with Crippen molar-refractivity contribution in [2.75, 3.05) is 32.7 Å². The van der Waals surface area contributed by atoms with Gasteiger partial charge in [-0.3, -0.25) is 9.80 Å². The van der Waals surface area contributed by atoms with Crippen molar-refractivity contribution in [1.29, 1.82) is 0 Å². The summed E-state index contributed by atoms with van der Waals surface area (Å²) in [6.07, 6.45) is 6.01. The topological polar surface area (TPSA) is 18.5 Å². The molecule has 0 bridgehead atoms. The lowest BCUT2D eigenvalue weighted by molar-refractivity contribution is 0.0187. The lowest BCUT2D eigenvalue weighted by atomic mass is 9.98. The Hall–Kier alpha value is -0.120. The van der Waals surface area contributed by atoms with Crippen molar-refractivity contribution in [3.63, 3.8) is 0 Å². The van der Waals surface area contributed by atoms with E-state index >= 15 is 0 Å². The number of hydrogen-bond acceptors (Lipinski definition) is 3. The predicted octanol–water partition coefficient (Wildman–Crippen LogP) is 1.89. The molecule has 100 valence electrons. The van der Waals surface area contributed by atoms with Crippen molar-refractivity contribution in [1.82, 2.24) is 15.1 Å². The normalized spacial score (nSPS) is 29.5. The molecule has 2 saturated heterocycles. The lowest BCUT2D eigenvalue weighted by Crippen LogP contribution is -2.59. The Morgan fingerprint density at radius 2 is 1.82 bits per heavy atom. The largest absolute Gasteiger partial charge is 0.302 e. The van der Waals surface area contributed by atoms with E-state index in [1.54, 1.807) is 0 Å². The van der Waals surface area contributed by atoms with Crippen LogP contribution >= 0.6 is 0 Å². The van der Waals surface area contributed by atoms with Crippen LogP contribution in [0.1, 0.15) is 46.5 Å². The van der Waals surface area contributed by atoms with Crippen LogP contribution in [0.4, 0.5) is 0 Å². The second kappa shape index (κ2) is 5.68. The van der Waals surface area contributed by atoms with Gasteiger partial charge in [0.2, 0.25) is 0 Å². The van der Waals surface area contributed by atoms with E-state index in [0.29, 0.717) is 11.7 Å². The van der Waals surface area contributed by atoms with Gasteiger partial charge in [-0.15, -0.1) is 0 Å². The molecule has 1 atom stereocenters. The van der Waals surface area contributed by atoms with E-state index in [-0.39, 0.29) is 0 Å². The lowest BCUT2D eigenvalue weighted by Gasteiger charge is -2.46. The molecule has 0 aromatic rings. The van der Waals surface area contributed by atoms with Crippen LogP contribution in [0.15, 0.2) is 0 Å². The predicted molar refractivity (Wildman–Crippen MR) is 73.2 cm³/mol. The molecule has 1 N–H and O–H groups in total. The van der Waals surface area contributed by atoms with Gasteiger partial charge in [-0.2, -0.15) is 0 Å². The fourth-order valence-corrected chi connectivity index (χ4v) is 3.01. The van der Waals surface area contributed by atoms with Gasteiger partial charge in [0.25, 0.3) is 0 Å². The molecule has 2 aliphatic rings. The zero-order chi connectivity index (χ0) is 12.3. The van der Waals surface area contributed by atoms with Gasteiger partial charge in [0.05, 0.1) is 6.17 Å². The van der Waals surface area contributed by atoms with Gasteiger partial charge in [-0.25, -0.2) is 0 Å². The summed E-state index contributed by atoms with van der Waals surface area (Å²) in [5.41, 5.74) is 0.381. The summed E-state index contributed by atoms with van der Waals surface area (Å²) in [7, 11) is 0. The highest BCUT2D eigenvalue weighted by Crippen LogP contribution is 2.22. The second-order valence-corrected chi connectivity index (χ2v) is 6.15. The van der Waals surface area contributed by atoms with E-state index in [4.69, 9.17) is 0 Å². The second-order valence-electron chi connectivity index (χ2n) is 6.15. The highest BCUT2D eigenvalue weighted by molar-refractivity contribution is 4.86. The summed E-state index contributed by atoms with van der Waals surface area (Å²) in [5, 5.41) is 3.66. The Bertz CT molecular complexity index is 226. The van der Waals surface area contributed by atoms with Gasteiger partial charge in [0, 0.05) is 31.7 Å². The van der Waals surface area contributed by atoms with Gasteiger partial charge >= 0.3 is 0 Å². The van der Waals surface area contributed by atoms with Crippen LogP contribution in [0.3, 0.4) is 0 Å². The van der Waals surface area contributed by atoms with Crippen LogP contribution in [0, 0.1) is 0 Å². The van der Waals surface area contributed by atoms with E-state index in [9.17, 15) is 0 Å². The molecule has 0 saturated carbocycles. The minimum Gasteiger partial charge on any atom is -0.302 e. The standard InChI is InChI=1S/C14H29N3/c1-4-14(2,3)17-11-9-16(10-12-17)13-7-5-6-8-15-13/h13,15H,4-12H2,1-3H3. The van der Waals surface area contributed by atoms with E-state index < -0.39 is 0 Å². The molecular formula is C14H29N3. The van der Waals surface area contributed by atoms with Crippen LogP contribution in [-0.2, 0) is 0 Å². The minimum absolute atomic E-state index is 0.381. The van der Waals surface area contributed by atoms with Crippen LogP contribution in [0.5, 0.6) is 0 Å². The zero-order valence-corrected chi connectivity index (χ0v) is 11.8. The summed E-state index contributed by atoms with van der Waals surface area (Å²) < 4.78 is 0. The molecule has 3 nitrogen and oxygen atoms in total. The molecule has 0 radical (unpaired) electrons. The SMILES string of the molecule is CCC(C)(C)N1CCN(C2CCCCN2)CC1. The summed E-state index contributed by atoms with van der Waals surface area (Å²) >= 11 is 0. The molecule has 2 aliphatic heterocycles. The van der Waals surface area contributed by atoms with Gasteiger partial charge in [0.1, 0.15) is 0 Å². The van der Waals surface area contributed by atoms with Crippen molar-refractivity contribution >= 4 is 0 Å². The molecular weight excluding hydrogens is 210 g/mol. The molecule has 3 heteroatoms. The number of piperidine rings is 1. The fraction of sp³-hybridized carbons (Fsp3) is 1.00. The van der Waals surface area contributed by atoms with E-state index in [1.807, 2.05) is 0 Å². The van der Waals surface area contributed by atoms with E-state index in [2.05, 4.69) is 35.9 Å². The average molecular weight is 239 g/mol. The number of nitrogens with zero attached hydrogens (tertiary/aromatic N) is 2. The molecule has 17 heavy (non-hydrogen) atoms. The fourth-order valence-electron chi connectivity index (χ4n) is 3.01. The van der Waals surface area contributed by atoms with Crippen LogP contribution in [0.25, 0.3) is 0 Å². The van der Waals surface area contributed by atoms with E-state index in [1.165, 1.54) is 58.4 Å². The molecule has 2 heterocycles. The molecule has 0 aromatic carbocycles. The number of nitrogens with one attached hydrogen (secondary N) is 1. The van der Waals surface area contributed by atoms with Crippen molar-refractivity contribution in [3.8, 4) is 0 Å². The quantitative estimate of drug-likeness (QED) is 0.811. The highest BCUT2D eigenvalue weighted by atomic mass is 15.3. The first kappa shape index (κ1) is 13.3. The first-order chi connectivity index (χ1) is 8.13. The molecule has 2 fully saturated rings. The number of rotatable bonds is 3. The molecule has 0 aliphatic carbocycles. The Morgan fingerprint density at radius 3 is 2.35 bits per heavy atom. The Balaban J connectivity index is 1.81. The van der Waals surface area contributed by atoms with Crippen LogP contribution in [0.2, 0.25) is 0 Å². The molecule has 0 aromatic heterocycles. The van der Waals surface area contributed by atoms with Crippen molar-refractivity contribution in [3.05, 3.63) is 0 Å². The third-order valence-electron chi connectivity index (χ3n) is 4.76. The number of piperazine rings is 1. The summed E-state index contributed by atoms with van der Waals surface area (Å²) in [6, 6.07) is 0. The van der Waals surface area contributed by atoms with Crippen molar-refractivity contribution in [2.24, 2.45) is 0 Å².